The molecule has 4 aromatic carbocycles. The molecule has 7 aromatic rings. The second-order valence-corrected chi connectivity index (χ2v) is 9.91. The highest BCUT2D eigenvalue weighted by molar-refractivity contribution is 6.06. The third-order valence-corrected chi connectivity index (χ3v) is 7.47. The molecule has 8 rings (SSSR count). The minimum absolute atomic E-state index is 0.0123. The topological polar surface area (TPSA) is 43.9 Å². The van der Waals surface area contributed by atoms with Crippen LogP contribution in [0.5, 0.6) is 0 Å². The third kappa shape index (κ3) is 2.78. The number of para-hydroxylation sites is 2. The lowest BCUT2D eigenvalue weighted by Crippen LogP contribution is -2.26. The van der Waals surface area contributed by atoms with E-state index in [1.807, 2.05) is 66.9 Å². The summed E-state index contributed by atoms with van der Waals surface area (Å²) < 4.78 is 58.4. The van der Waals surface area contributed by atoms with E-state index in [4.69, 9.17) is 17.6 Å². The molecule has 0 amide bonds. The number of rotatable bonds is 2. The number of fused-ring (bicyclic) bond motifs is 5. The van der Waals surface area contributed by atoms with Crippen LogP contribution in [-0.2, 0) is 5.41 Å². The van der Waals surface area contributed by atoms with Gasteiger partial charge in [0.05, 0.1) is 24.9 Å². The molecule has 0 spiro atoms. The Bertz CT molecular complexity index is 2350. The molecule has 0 unspecified atom stereocenters. The largest absolute Gasteiger partial charge is 0.456 e. The van der Waals surface area contributed by atoms with Crippen LogP contribution in [0.2, 0.25) is 0 Å². The van der Waals surface area contributed by atoms with E-state index >= 15 is 0 Å². The number of pyridine rings is 1. The summed E-state index contributed by atoms with van der Waals surface area (Å²) in [5.74, 6) is 0.240. The molecule has 0 N–H and O–H groups in total. The van der Waals surface area contributed by atoms with E-state index < -0.39 is 23.7 Å². The predicted octanol–water partition coefficient (Wildman–Crippen LogP) is 8.29. The van der Waals surface area contributed by atoms with E-state index in [0.29, 0.717) is 16.6 Å². The molecule has 0 aliphatic carbocycles. The van der Waals surface area contributed by atoms with E-state index in [0.717, 1.165) is 44.3 Å². The van der Waals surface area contributed by atoms with Gasteiger partial charge in [-0.1, -0.05) is 62.3 Å². The first-order valence-electron chi connectivity index (χ1n) is 15.1. The molecule has 37 heavy (non-hydrogen) atoms. The van der Waals surface area contributed by atoms with Crippen molar-refractivity contribution in [3.05, 3.63) is 114 Å². The van der Waals surface area contributed by atoms with Crippen LogP contribution in [0.15, 0.2) is 108 Å². The van der Waals surface area contributed by atoms with Gasteiger partial charge in [0.1, 0.15) is 16.9 Å². The molecule has 0 atom stereocenters. The summed E-state index contributed by atoms with van der Waals surface area (Å²) in [5, 5.41) is 2.06. The Labute approximate surface area is 222 Å². The normalized spacial score (nSPS) is 16.2. The molecule has 1 aliphatic rings. The van der Waals surface area contributed by atoms with Gasteiger partial charge in [-0.2, -0.15) is 0 Å². The monoisotopic (exact) mass is 483 g/mol. The Morgan fingerprint density at radius 1 is 0.811 bits per heavy atom. The van der Waals surface area contributed by atoms with E-state index in [2.05, 4.69) is 17.1 Å². The molecular formula is C33H23N3O. The highest BCUT2D eigenvalue weighted by Gasteiger charge is 2.36. The fraction of sp³-hybridized carbons (Fsp3) is 0.0909. The number of aromatic nitrogens is 3. The van der Waals surface area contributed by atoms with Crippen molar-refractivity contribution in [2.24, 2.45) is 0 Å². The van der Waals surface area contributed by atoms with E-state index in [-0.39, 0.29) is 29.6 Å². The van der Waals surface area contributed by atoms with Crippen molar-refractivity contribution in [3.63, 3.8) is 0 Å². The lowest BCUT2D eigenvalue weighted by Gasteiger charge is -2.35. The van der Waals surface area contributed by atoms with Gasteiger partial charge in [-0.25, -0.2) is 4.98 Å². The zero-order valence-corrected chi connectivity index (χ0v) is 20.1. The molecule has 1 aliphatic heterocycles. The van der Waals surface area contributed by atoms with Gasteiger partial charge in [0.2, 0.25) is 0 Å². The maximum Gasteiger partial charge on any atom is 0.164 e. The van der Waals surface area contributed by atoms with Crippen molar-refractivity contribution in [2.45, 2.75) is 19.3 Å². The quantitative estimate of drug-likeness (QED) is 0.248. The zero-order valence-electron chi connectivity index (χ0n) is 26.1. The van der Waals surface area contributed by atoms with Gasteiger partial charge in [0.15, 0.2) is 5.82 Å². The van der Waals surface area contributed by atoms with Gasteiger partial charge >= 0.3 is 0 Å². The van der Waals surface area contributed by atoms with Gasteiger partial charge in [0, 0.05) is 22.4 Å². The van der Waals surface area contributed by atoms with Crippen LogP contribution in [0, 0.1) is 0 Å². The van der Waals surface area contributed by atoms with Crippen molar-refractivity contribution in [1.29, 1.82) is 0 Å². The lowest BCUT2D eigenvalue weighted by atomic mass is 9.74. The highest BCUT2D eigenvalue weighted by Crippen LogP contribution is 2.47. The number of imidazole rings is 1. The molecule has 0 bridgehead atoms. The van der Waals surface area contributed by atoms with Gasteiger partial charge < -0.3 is 4.42 Å². The van der Waals surface area contributed by atoms with Crippen molar-refractivity contribution in [1.82, 2.24) is 14.5 Å². The Hall–Kier alpha value is -4.70. The SMILES string of the molecule is [2H]c1cc2nc(-c3nc([2H])c([2H])c([2H])c3[2H])n3c2c(c1[2H])C(C)(C)c1cc(-c2ccc4oc5ccccc5c4c2)ccc1-3. The van der Waals surface area contributed by atoms with Crippen LogP contribution < -0.4 is 0 Å². The first-order valence-corrected chi connectivity index (χ1v) is 12.1. The molecule has 0 saturated carbocycles. The summed E-state index contributed by atoms with van der Waals surface area (Å²) in [6, 6.07) is 20.7. The highest BCUT2D eigenvalue weighted by atomic mass is 16.3. The average Bonchev–Trinajstić information content (AvgIpc) is 3.55. The summed E-state index contributed by atoms with van der Waals surface area (Å²) in [6.45, 7) is 4.08. The Balaban J connectivity index is 1.42. The number of hydrogen-bond acceptors (Lipinski definition) is 3. The van der Waals surface area contributed by atoms with Gasteiger partial charge in [-0.3, -0.25) is 9.55 Å². The molecule has 4 heterocycles. The van der Waals surface area contributed by atoms with E-state index in [9.17, 15) is 0 Å². The van der Waals surface area contributed by atoms with Crippen LogP contribution in [0.1, 0.15) is 33.2 Å². The number of benzene rings is 4. The Morgan fingerprint density at radius 3 is 2.59 bits per heavy atom. The smallest absolute Gasteiger partial charge is 0.164 e. The minimum Gasteiger partial charge on any atom is -0.456 e. The summed E-state index contributed by atoms with van der Waals surface area (Å²) >= 11 is 0. The second-order valence-electron chi connectivity index (χ2n) is 9.91. The third-order valence-electron chi connectivity index (χ3n) is 7.47. The molecule has 3 aromatic heterocycles. The first-order chi connectivity index (χ1) is 20.6. The standard InChI is InChI=1S/C33H23N3O/c1-33(2)24-9-7-11-26-31(24)36(32(35-26)27-10-5-6-17-34-27)28-15-13-21(19-25(28)33)20-14-16-30-23(18-20)22-8-3-4-12-29(22)37-30/h3-19H,1-2H3/i5D,6D,7D,9D,10D,17D. The van der Waals surface area contributed by atoms with Crippen molar-refractivity contribution < 1.29 is 12.6 Å². The second kappa shape index (κ2) is 7.17. The van der Waals surface area contributed by atoms with Crippen LogP contribution in [0.25, 0.3) is 61.3 Å². The van der Waals surface area contributed by atoms with E-state index in [1.165, 1.54) is 6.07 Å². The number of nitrogens with zero attached hydrogens (tertiary/aromatic N) is 3. The van der Waals surface area contributed by atoms with Crippen LogP contribution in [0.3, 0.4) is 0 Å². The maximum absolute atomic E-state index is 8.95. The maximum atomic E-state index is 8.95. The minimum atomic E-state index is -0.680. The first kappa shape index (κ1) is 15.4. The van der Waals surface area contributed by atoms with Gasteiger partial charge in [-0.05, 0) is 70.7 Å². The van der Waals surface area contributed by atoms with Crippen molar-refractivity contribution in [2.75, 3.05) is 0 Å². The number of furan rings is 1. The summed E-state index contributed by atoms with van der Waals surface area (Å²) in [6.07, 6.45) is -0.410. The predicted molar refractivity (Wildman–Crippen MR) is 149 cm³/mol. The Kier molecular flexibility index (Phi) is 2.99. The molecule has 0 radical (unpaired) electrons. The number of hydrogen-bond donors (Lipinski definition) is 0. The van der Waals surface area contributed by atoms with Crippen LogP contribution >= 0.6 is 0 Å². The molecular weight excluding hydrogens is 454 g/mol. The summed E-state index contributed by atoms with van der Waals surface area (Å²) in [7, 11) is 0. The van der Waals surface area contributed by atoms with Crippen molar-refractivity contribution >= 4 is 33.0 Å². The molecule has 0 saturated heterocycles. The Morgan fingerprint density at radius 2 is 1.65 bits per heavy atom. The van der Waals surface area contributed by atoms with Crippen LogP contribution in [0.4, 0.5) is 0 Å². The zero-order chi connectivity index (χ0) is 29.9. The van der Waals surface area contributed by atoms with Crippen LogP contribution in [-0.4, -0.2) is 14.5 Å². The fourth-order valence-corrected chi connectivity index (χ4v) is 5.65. The average molecular weight is 484 g/mol. The van der Waals surface area contributed by atoms with E-state index in [1.54, 1.807) is 0 Å². The molecule has 4 nitrogen and oxygen atoms in total. The fourth-order valence-electron chi connectivity index (χ4n) is 5.65. The summed E-state index contributed by atoms with van der Waals surface area (Å²) in [4.78, 5) is 8.98. The molecule has 4 heteroatoms. The summed E-state index contributed by atoms with van der Waals surface area (Å²) in [5.41, 5.74) is 6.36. The lowest BCUT2D eigenvalue weighted by molar-refractivity contribution is 0.629. The van der Waals surface area contributed by atoms with Gasteiger partial charge in [-0.15, -0.1) is 0 Å². The molecule has 176 valence electrons. The van der Waals surface area contributed by atoms with Gasteiger partial charge in [0.25, 0.3) is 0 Å². The van der Waals surface area contributed by atoms with Crippen molar-refractivity contribution in [3.8, 4) is 28.3 Å². The molecule has 0 fully saturated rings.